The van der Waals surface area contributed by atoms with Crippen molar-refractivity contribution in [3.05, 3.63) is 48.3 Å². The van der Waals surface area contributed by atoms with E-state index >= 15 is 0 Å². The van der Waals surface area contributed by atoms with Gasteiger partial charge in [0.15, 0.2) is 0 Å². The second kappa shape index (κ2) is 9.53. The Balaban J connectivity index is 0.00000261. The quantitative estimate of drug-likeness (QED) is 0.699. The number of rotatable bonds is 6. The summed E-state index contributed by atoms with van der Waals surface area (Å²) in [5.74, 6) is -0.406. The van der Waals surface area contributed by atoms with Gasteiger partial charge in [-0.25, -0.2) is 0 Å². The number of anilines is 1. The molecule has 2 aromatic rings. The second-order valence-corrected chi connectivity index (χ2v) is 6.52. The lowest BCUT2D eigenvalue weighted by molar-refractivity contribution is -0.133. The summed E-state index contributed by atoms with van der Waals surface area (Å²) in [6.45, 7) is 3.48. The molecule has 0 spiro atoms. The summed E-state index contributed by atoms with van der Waals surface area (Å²) >= 11 is 0. The fourth-order valence-electron chi connectivity index (χ4n) is 3.32. The molecule has 0 unspecified atom stereocenters. The summed E-state index contributed by atoms with van der Waals surface area (Å²) in [5.41, 5.74) is 1.16. The minimum Gasteiger partial charge on any atom is -0.345 e. The van der Waals surface area contributed by atoms with Crippen LogP contribution in [0.1, 0.15) is 25.3 Å². The number of carbonyl (C=O) groups is 2. The number of benzene rings is 1. The Morgan fingerprint density at radius 3 is 2.70 bits per heavy atom. The second-order valence-electron chi connectivity index (χ2n) is 6.52. The SMILES string of the molecule is CCc1cccc(NC(=O)CNC(=O)C2(n3cccn3)CCNCC2)c1.Cl. The predicted octanol–water partition coefficient (Wildman–Crippen LogP) is 1.70. The maximum Gasteiger partial charge on any atom is 0.248 e. The van der Waals surface area contributed by atoms with Gasteiger partial charge in [-0.3, -0.25) is 14.3 Å². The van der Waals surface area contributed by atoms with Crippen molar-refractivity contribution in [3.8, 4) is 0 Å². The van der Waals surface area contributed by atoms with Crippen LogP contribution >= 0.6 is 12.4 Å². The van der Waals surface area contributed by atoms with Crippen molar-refractivity contribution in [1.29, 1.82) is 0 Å². The minimum atomic E-state index is -0.739. The van der Waals surface area contributed by atoms with Gasteiger partial charge >= 0.3 is 0 Å². The minimum absolute atomic E-state index is 0. The first-order chi connectivity index (χ1) is 12.6. The molecule has 0 saturated carbocycles. The highest BCUT2D eigenvalue weighted by Gasteiger charge is 2.41. The van der Waals surface area contributed by atoms with E-state index < -0.39 is 5.54 Å². The van der Waals surface area contributed by atoms with E-state index in [2.05, 4.69) is 28.0 Å². The summed E-state index contributed by atoms with van der Waals surface area (Å²) in [7, 11) is 0. The Bertz CT molecular complexity index is 757. The van der Waals surface area contributed by atoms with Gasteiger partial charge in [-0.2, -0.15) is 5.10 Å². The number of hydrogen-bond donors (Lipinski definition) is 3. The molecular formula is C19H26ClN5O2. The van der Waals surface area contributed by atoms with Gasteiger partial charge in [0, 0.05) is 18.1 Å². The lowest BCUT2D eigenvalue weighted by Gasteiger charge is -2.36. The van der Waals surface area contributed by atoms with Gasteiger partial charge in [-0.1, -0.05) is 19.1 Å². The Morgan fingerprint density at radius 2 is 2.04 bits per heavy atom. The standard InChI is InChI=1S/C19H25N5O2.ClH/c1-2-15-5-3-6-16(13-15)23-17(25)14-21-18(26)19(7-10-20-11-8-19)24-12-4-9-22-24;/h3-6,9,12-13,20H,2,7-8,10-11,14H2,1H3,(H,21,26)(H,23,25);1H. The first kappa shape index (κ1) is 20.9. The van der Waals surface area contributed by atoms with E-state index in [0.29, 0.717) is 12.8 Å². The number of hydrogen-bond acceptors (Lipinski definition) is 4. The third kappa shape index (κ3) is 4.87. The van der Waals surface area contributed by atoms with E-state index in [0.717, 1.165) is 30.8 Å². The first-order valence-electron chi connectivity index (χ1n) is 9.02. The van der Waals surface area contributed by atoms with Crippen LogP contribution in [0.25, 0.3) is 0 Å². The molecule has 1 aromatic carbocycles. The molecule has 2 heterocycles. The zero-order valence-electron chi connectivity index (χ0n) is 15.4. The fraction of sp³-hybridized carbons (Fsp3) is 0.421. The average Bonchev–Trinajstić information content (AvgIpc) is 3.22. The zero-order valence-corrected chi connectivity index (χ0v) is 16.2. The van der Waals surface area contributed by atoms with Crippen molar-refractivity contribution in [2.45, 2.75) is 31.7 Å². The number of nitrogens with zero attached hydrogens (tertiary/aromatic N) is 2. The molecule has 0 atom stereocenters. The van der Waals surface area contributed by atoms with E-state index in [1.807, 2.05) is 30.3 Å². The van der Waals surface area contributed by atoms with Crippen molar-refractivity contribution in [2.75, 3.05) is 25.0 Å². The number of aryl methyl sites for hydroxylation is 1. The molecule has 3 rings (SSSR count). The van der Waals surface area contributed by atoms with Gasteiger partial charge in [-0.05, 0) is 56.1 Å². The van der Waals surface area contributed by atoms with Crippen LogP contribution in [0.3, 0.4) is 0 Å². The molecule has 7 nitrogen and oxygen atoms in total. The van der Waals surface area contributed by atoms with Crippen molar-refractivity contribution >= 4 is 29.9 Å². The Hall–Kier alpha value is -2.38. The van der Waals surface area contributed by atoms with Crippen LogP contribution < -0.4 is 16.0 Å². The largest absolute Gasteiger partial charge is 0.345 e. The summed E-state index contributed by atoms with van der Waals surface area (Å²) in [4.78, 5) is 25.1. The topological polar surface area (TPSA) is 88.1 Å². The number of aromatic nitrogens is 2. The molecule has 1 aromatic heterocycles. The molecule has 1 aliphatic heterocycles. The molecule has 1 saturated heterocycles. The lowest BCUT2D eigenvalue weighted by Crippen LogP contribution is -2.55. The lowest BCUT2D eigenvalue weighted by atomic mass is 9.87. The maximum atomic E-state index is 12.9. The number of piperidine rings is 1. The van der Waals surface area contributed by atoms with Crippen LogP contribution in [0.15, 0.2) is 42.7 Å². The molecule has 0 aliphatic carbocycles. The van der Waals surface area contributed by atoms with Crippen LogP contribution in [0, 0.1) is 0 Å². The Kier molecular flexibility index (Phi) is 7.38. The summed E-state index contributed by atoms with van der Waals surface area (Å²) in [6.07, 6.45) is 5.66. The molecule has 0 radical (unpaired) electrons. The predicted molar refractivity (Wildman–Crippen MR) is 107 cm³/mol. The van der Waals surface area contributed by atoms with Crippen LogP contribution in [0.4, 0.5) is 5.69 Å². The third-order valence-electron chi connectivity index (χ3n) is 4.82. The molecule has 0 bridgehead atoms. The highest BCUT2D eigenvalue weighted by molar-refractivity contribution is 5.95. The Labute approximate surface area is 165 Å². The number of nitrogens with one attached hydrogen (secondary N) is 3. The van der Waals surface area contributed by atoms with E-state index in [9.17, 15) is 9.59 Å². The van der Waals surface area contributed by atoms with Gasteiger partial charge in [0.2, 0.25) is 11.8 Å². The summed E-state index contributed by atoms with van der Waals surface area (Å²) < 4.78 is 1.71. The monoisotopic (exact) mass is 391 g/mol. The summed E-state index contributed by atoms with van der Waals surface area (Å²) in [6, 6.07) is 9.52. The van der Waals surface area contributed by atoms with E-state index in [-0.39, 0.29) is 30.8 Å². The molecule has 8 heteroatoms. The van der Waals surface area contributed by atoms with Crippen molar-refractivity contribution in [2.24, 2.45) is 0 Å². The molecular weight excluding hydrogens is 366 g/mol. The van der Waals surface area contributed by atoms with Gasteiger partial charge in [0.1, 0.15) is 5.54 Å². The number of amides is 2. The third-order valence-corrected chi connectivity index (χ3v) is 4.82. The fourth-order valence-corrected chi connectivity index (χ4v) is 3.32. The number of halogens is 1. The van der Waals surface area contributed by atoms with Gasteiger partial charge in [-0.15, -0.1) is 12.4 Å². The summed E-state index contributed by atoms with van der Waals surface area (Å²) in [5, 5.41) is 13.2. The highest BCUT2D eigenvalue weighted by Crippen LogP contribution is 2.27. The van der Waals surface area contributed by atoms with Gasteiger partial charge in [0.25, 0.3) is 0 Å². The van der Waals surface area contributed by atoms with Crippen LogP contribution in [0.5, 0.6) is 0 Å². The van der Waals surface area contributed by atoms with E-state index in [1.165, 1.54) is 0 Å². The van der Waals surface area contributed by atoms with Crippen LogP contribution in [-0.2, 0) is 21.5 Å². The smallest absolute Gasteiger partial charge is 0.248 e. The van der Waals surface area contributed by atoms with Gasteiger partial charge < -0.3 is 16.0 Å². The highest BCUT2D eigenvalue weighted by atomic mass is 35.5. The molecule has 1 fully saturated rings. The molecule has 3 N–H and O–H groups in total. The molecule has 2 amide bonds. The first-order valence-corrected chi connectivity index (χ1v) is 9.02. The molecule has 1 aliphatic rings. The van der Waals surface area contributed by atoms with Crippen molar-refractivity contribution < 1.29 is 9.59 Å². The molecule has 146 valence electrons. The Morgan fingerprint density at radius 1 is 1.26 bits per heavy atom. The van der Waals surface area contributed by atoms with E-state index in [1.54, 1.807) is 17.1 Å². The van der Waals surface area contributed by atoms with Gasteiger partial charge in [0.05, 0.1) is 6.54 Å². The van der Waals surface area contributed by atoms with Crippen molar-refractivity contribution in [3.63, 3.8) is 0 Å². The van der Waals surface area contributed by atoms with E-state index in [4.69, 9.17) is 0 Å². The van der Waals surface area contributed by atoms with Crippen molar-refractivity contribution in [1.82, 2.24) is 20.4 Å². The average molecular weight is 392 g/mol. The normalized spacial score (nSPS) is 15.4. The van der Waals surface area contributed by atoms with Crippen LogP contribution in [-0.4, -0.2) is 41.2 Å². The van der Waals surface area contributed by atoms with Crippen LogP contribution in [0.2, 0.25) is 0 Å². The molecule has 27 heavy (non-hydrogen) atoms. The maximum absolute atomic E-state index is 12.9. The zero-order chi connectivity index (χ0) is 18.4. The number of carbonyl (C=O) groups excluding carboxylic acids is 2.